The van der Waals surface area contributed by atoms with E-state index in [4.69, 9.17) is 11.6 Å². The molecule has 2 atom stereocenters. The van der Waals surface area contributed by atoms with Crippen LogP contribution in [-0.2, 0) is 14.4 Å². The van der Waals surface area contributed by atoms with Gasteiger partial charge in [-0.25, -0.2) is 13.8 Å². The third-order valence-corrected chi connectivity index (χ3v) is 8.94. The molecule has 3 amide bonds. The summed E-state index contributed by atoms with van der Waals surface area (Å²) in [6, 6.07) is 14.5. The number of halogens is 3. The lowest BCUT2D eigenvalue weighted by atomic mass is 9.91. The van der Waals surface area contributed by atoms with E-state index in [1.54, 1.807) is 48.7 Å². The predicted octanol–water partition coefficient (Wildman–Crippen LogP) is 5.84. The normalized spacial score (nSPS) is 18.7. The third kappa shape index (κ3) is 6.41. The number of amides is 3. The number of nitrogens with zero attached hydrogens (tertiary/aromatic N) is 5. The molecular formula is C33H30ClF2N7O3. The Hall–Kier alpha value is -4.89. The number of hydrogen-bond donors (Lipinski definition) is 2. The van der Waals surface area contributed by atoms with E-state index in [0.29, 0.717) is 28.8 Å². The SMILES string of the molecule is N#Cc1ccnc(N2C(=O)CC[C@H]2CC(=O)N(c2ccc3cn[nH]c3c2)[C@H](C(=O)NC2CCC(F)(F)CC2)c2ccccc2Cl)c1. The topological polar surface area (TPSA) is 135 Å². The van der Waals surface area contributed by atoms with Crippen LogP contribution in [-0.4, -0.2) is 50.9 Å². The van der Waals surface area contributed by atoms with Crippen molar-refractivity contribution < 1.29 is 23.2 Å². The molecule has 0 unspecified atom stereocenters. The van der Waals surface area contributed by atoms with Crippen molar-refractivity contribution in [2.45, 2.75) is 69.0 Å². The van der Waals surface area contributed by atoms with Gasteiger partial charge in [0.2, 0.25) is 23.6 Å². The molecule has 236 valence electrons. The third-order valence-electron chi connectivity index (χ3n) is 8.60. The van der Waals surface area contributed by atoms with Gasteiger partial charge in [-0.3, -0.25) is 29.3 Å². The first-order valence-corrected chi connectivity index (χ1v) is 15.4. The van der Waals surface area contributed by atoms with Crippen LogP contribution >= 0.6 is 11.6 Å². The van der Waals surface area contributed by atoms with E-state index in [1.165, 1.54) is 28.1 Å². The maximum absolute atomic E-state index is 14.6. The number of carbonyl (C=O) groups is 3. The molecule has 0 spiro atoms. The second kappa shape index (κ2) is 12.8. The molecule has 13 heteroatoms. The molecule has 2 N–H and O–H groups in total. The Kier molecular flexibility index (Phi) is 8.69. The number of nitriles is 1. The quantitative estimate of drug-likeness (QED) is 0.247. The first kappa shape index (κ1) is 31.1. The Morgan fingerprint density at radius 1 is 1.15 bits per heavy atom. The molecule has 0 radical (unpaired) electrons. The Labute approximate surface area is 268 Å². The number of alkyl halides is 2. The molecule has 6 rings (SSSR count). The Morgan fingerprint density at radius 2 is 1.93 bits per heavy atom. The number of carbonyl (C=O) groups excluding carboxylic acids is 3. The van der Waals surface area contributed by atoms with Crippen molar-refractivity contribution in [1.29, 1.82) is 5.26 Å². The van der Waals surface area contributed by atoms with Crippen LogP contribution < -0.4 is 15.1 Å². The lowest BCUT2D eigenvalue weighted by Crippen LogP contribution is -2.49. The molecule has 10 nitrogen and oxygen atoms in total. The van der Waals surface area contributed by atoms with E-state index < -0.39 is 35.9 Å². The number of aromatic nitrogens is 3. The Bertz CT molecular complexity index is 1830. The second-order valence-electron chi connectivity index (χ2n) is 11.6. The number of pyridine rings is 1. The summed E-state index contributed by atoms with van der Waals surface area (Å²) in [5.74, 6) is -3.80. The Morgan fingerprint density at radius 3 is 2.70 bits per heavy atom. The summed E-state index contributed by atoms with van der Waals surface area (Å²) >= 11 is 6.66. The molecule has 2 aliphatic rings. The fourth-order valence-corrected chi connectivity index (χ4v) is 6.48. The summed E-state index contributed by atoms with van der Waals surface area (Å²) in [5, 5.41) is 20.3. The fraction of sp³-hybridized carbons (Fsp3) is 0.333. The first-order valence-electron chi connectivity index (χ1n) is 15.0. The molecular weight excluding hydrogens is 616 g/mol. The van der Waals surface area contributed by atoms with Crippen LogP contribution in [0.3, 0.4) is 0 Å². The molecule has 1 saturated carbocycles. The summed E-state index contributed by atoms with van der Waals surface area (Å²) in [6.07, 6.45) is 2.92. The maximum Gasteiger partial charge on any atom is 0.248 e. The molecule has 0 bridgehead atoms. The fourth-order valence-electron chi connectivity index (χ4n) is 6.24. The summed E-state index contributed by atoms with van der Waals surface area (Å²) in [4.78, 5) is 48.9. The van der Waals surface area contributed by atoms with Crippen molar-refractivity contribution in [3.05, 3.63) is 83.1 Å². The van der Waals surface area contributed by atoms with E-state index in [0.717, 1.165) is 5.39 Å². The average Bonchev–Trinajstić information content (AvgIpc) is 3.66. The summed E-state index contributed by atoms with van der Waals surface area (Å²) in [5.41, 5.74) is 1.67. The zero-order valence-corrected chi connectivity index (χ0v) is 25.4. The molecule has 3 heterocycles. The number of aromatic amines is 1. The van der Waals surface area contributed by atoms with Gasteiger partial charge in [0.15, 0.2) is 0 Å². The standard InChI is InChI=1S/C33H30ClF2N7O3/c34-26-4-2-1-3-25(26)31(32(46)40-22-9-12-33(35,36)13-10-22)43(23-6-5-21-19-39-41-27(21)16-23)30(45)17-24-7-8-29(44)42(24)28-15-20(18-37)11-14-38-28/h1-6,11,14-16,19,22,24,31H,7-10,12-13,17H2,(H,39,41)(H,40,46)/t24-,31-/m0/s1. The molecule has 1 aliphatic heterocycles. The van der Waals surface area contributed by atoms with Crippen LogP contribution in [0.4, 0.5) is 20.3 Å². The molecule has 2 aromatic heterocycles. The van der Waals surface area contributed by atoms with Gasteiger partial charge in [-0.2, -0.15) is 10.4 Å². The van der Waals surface area contributed by atoms with Crippen molar-refractivity contribution in [2.24, 2.45) is 0 Å². The minimum absolute atomic E-state index is 0.0932. The van der Waals surface area contributed by atoms with Crippen molar-refractivity contribution in [3.63, 3.8) is 0 Å². The van der Waals surface area contributed by atoms with Gasteiger partial charge in [0.25, 0.3) is 0 Å². The Balaban J connectivity index is 1.39. The van der Waals surface area contributed by atoms with Gasteiger partial charge in [-0.1, -0.05) is 29.8 Å². The summed E-state index contributed by atoms with van der Waals surface area (Å²) in [7, 11) is 0. The van der Waals surface area contributed by atoms with Gasteiger partial charge < -0.3 is 5.32 Å². The van der Waals surface area contributed by atoms with E-state index in [9.17, 15) is 28.4 Å². The first-order chi connectivity index (χ1) is 22.1. The van der Waals surface area contributed by atoms with Crippen molar-refractivity contribution in [1.82, 2.24) is 20.5 Å². The average molecular weight is 646 g/mol. The number of fused-ring (bicyclic) bond motifs is 1. The zero-order chi connectivity index (χ0) is 32.4. The number of H-pyrrole nitrogens is 1. The van der Waals surface area contributed by atoms with E-state index >= 15 is 0 Å². The van der Waals surface area contributed by atoms with Crippen LogP contribution in [0.15, 0.2) is 67.0 Å². The number of anilines is 2. The van der Waals surface area contributed by atoms with Crippen LogP contribution in [0.5, 0.6) is 0 Å². The van der Waals surface area contributed by atoms with E-state index in [1.807, 2.05) is 6.07 Å². The number of hydrogen-bond acceptors (Lipinski definition) is 6. The highest BCUT2D eigenvalue weighted by molar-refractivity contribution is 6.31. The van der Waals surface area contributed by atoms with E-state index in [-0.39, 0.29) is 55.3 Å². The molecule has 1 saturated heterocycles. The molecule has 1 aliphatic carbocycles. The highest BCUT2D eigenvalue weighted by atomic mass is 35.5. The molecule has 46 heavy (non-hydrogen) atoms. The van der Waals surface area contributed by atoms with Crippen molar-refractivity contribution in [2.75, 3.05) is 9.80 Å². The van der Waals surface area contributed by atoms with Crippen LogP contribution in [0, 0.1) is 11.3 Å². The lowest BCUT2D eigenvalue weighted by molar-refractivity contribution is -0.128. The largest absolute Gasteiger partial charge is 0.351 e. The lowest BCUT2D eigenvalue weighted by Gasteiger charge is -2.35. The highest BCUT2D eigenvalue weighted by Crippen LogP contribution is 2.37. The minimum atomic E-state index is -2.78. The number of rotatable bonds is 8. The van der Waals surface area contributed by atoms with Gasteiger partial charge in [-0.05, 0) is 55.7 Å². The maximum atomic E-state index is 14.6. The number of benzene rings is 2. The van der Waals surface area contributed by atoms with E-state index in [2.05, 4.69) is 20.5 Å². The van der Waals surface area contributed by atoms with Gasteiger partial charge in [0.1, 0.15) is 11.9 Å². The summed E-state index contributed by atoms with van der Waals surface area (Å²) in [6.45, 7) is 0. The predicted molar refractivity (Wildman–Crippen MR) is 167 cm³/mol. The second-order valence-corrected chi connectivity index (χ2v) is 12.1. The molecule has 4 aromatic rings. The minimum Gasteiger partial charge on any atom is -0.351 e. The highest BCUT2D eigenvalue weighted by Gasteiger charge is 2.41. The zero-order valence-electron chi connectivity index (χ0n) is 24.6. The van der Waals surface area contributed by atoms with Crippen molar-refractivity contribution in [3.8, 4) is 6.07 Å². The van der Waals surface area contributed by atoms with Gasteiger partial charge in [0, 0.05) is 65.6 Å². The number of nitrogens with one attached hydrogen (secondary N) is 2. The van der Waals surface area contributed by atoms with Gasteiger partial charge in [-0.15, -0.1) is 0 Å². The monoisotopic (exact) mass is 645 g/mol. The van der Waals surface area contributed by atoms with Crippen molar-refractivity contribution >= 4 is 51.7 Å². The van der Waals surface area contributed by atoms with Crippen LogP contribution in [0.1, 0.15) is 62.1 Å². The smallest absolute Gasteiger partial charge is 0.248 e. The van der Waals surface area contributed by atoms with Gasteiger partial charge >= 0.3 is 0 Å². The van der Waals surface area contributed by atoms with Gasteiger partial charge in [0.05, 0.1) is 23.3 Å². The molecule has 2 fully saturated rings. The molecule has 2 aromatic carbocycles. The summed E-state index contributed by atoms with van der Waals surface area (Å²) < 4.78 is 27.9. The van der Waals surface area contributed by atoms with Crippen LogP contribution in [0.2, 0.25) is 5.02 Å². The van der Waals surface area contributed by atoms with Crippen LogP contribution in [0.25, 0.3) is 10.9 Å².